The monoisotopic (exact) mass is 278 g/mol. The highest BCUT2D eigenvalue weighted by atomic mass is 16.2. The summed E-state index contributed by atoms with van der Waals surface area (Å²) >= 11 is 0. The highest BCUT2D eigenvalue weighted by Crippen LogP contribution is 2.24. The summed E-state index contributed by atoms with van der Waals surface area (Å²) in [6, 6.07) is 0.785. The molecule has 2 fully saturated rings. The minimum Gasteiger partial charge on any atom is -0.336 e. The number of carbonyl (C=O) groups is 1. The van der Waals surface area contributed by atoms with Gasteiger partial charge in [-0.2, -0.15) is 0 Å². The summed E-state index contributed by atoms with van der Waals surface area (Å²) in [5.74, 6) is 0.578. The Morgan fingerprint density at radius 1 is 1.05 bits per heavy atom. The van der Waals surface area contributed by atoms with Gasteiger partial charge in [0, 0.05) is 37.8 Å². The molecule has 0 aromatic heterocycles. The Labute approximate surface area is 124 Å². The second-order valence-electron chi connectivity index (χ2n) is 6.52. The van der Waals surface area contributed by atoms with Crippen molar-refractivity contribution in [3.63, 3.8) is 0 Å². The molecule has 3 heteroatoms. The summed E-state index contributed by atoms with van der Waals surface area (Å²) in [4.78, 5) is 17.2. The molecule has 0 N–H and O–H groups in total. The zero-order chi connectivity index (χ0) is 14.5. The summed E-state index contributed by atoms with van der Waals surface area (Å²) in [6.45, 7) is 10.1. The quantitative estimate of drug-likeness (QED) is 0.741. The molecule has 1 amide bonds. The van der Waals surface area contributed by atoms with E-state index in [0.717, 1.165) is 37.8 Å². The van der Waals surface area contributed by atoms with Gasteiger partial charge in [-0.05, 0) is 25.7 Å². The Balaban J connectivity index is 1.86. The summed E-state index contributed by atoms with van der Waals surface area (Å²) in [5, 5.41) is 0. The second kappa shape index (κ2) is 7.26. The van der Waals surface area contributed by atoms with Gasteiger partial charge in [-0.1, -0.05) is 39.2 Å². The molecule has 2 aliphatic rings. The molecule has 0 unspecified atom stereocenters. The largest absolute Gasteiger partial charge is 0.336 e. The minimum atomic E-state index is 0.255. The first kappa shape index (κ1) is 15.6. The zero-order valence-electron chi connectivity index (χ0n) is 13.4. The molecule has 0 aromatic carbocycles. The Bertz CT molecular complexity index is 348. The van der Waals surface area contributed by atoms with Crippen molar-refractivity contribution in [1.82, 2.24) is 9.80 Å². The molecule has 1 saturated heterocycles. The molecule has 1 saturated carbocycles. The molecule has 0 bridgehead atoms. The molecular weight excluding hydrogens is 248 g/mol. The molecule has 114 valence electrons. The first-order valence-electron chi connectivity index (χ1n) is 8.33. The fourth-order valence-corrected chi connectivity index (χ4v) is 3.62. The fraction of sp³-hybridized carbons (Fsp3) is 0.824. The highest BCUT2D eigenvalue weighted by molar-refractivity contribution is 5.93. The van der Waals surface area contributed by atoms with Crippen LogP contribution in [0.2, 0.25) is 0 Å². The van der Waals surface area contributed by atoms with Crippen LogP contribution in [0.4, 0.5) is 0 Å². The van der Waals surface area contributed by atoms with Gasteiger partial charge in [-0.25, -0.2) is 0 Å². The van der Waals surface area contributed by atoms with Crippen molar-refractivity contribution in [2.24, 2.45) is 5.92 Å². The number of amides is 1. The van der Waals surface area contributed by atoms with Crippen LogP contribution in [-0.4, -0.2) is 47.9 Å². The van der Waals surface area contributed by atoms with E-state index in [-0.39, 0.29) is 5.91 Å². The van der Waals surface area contributed by atoms with E-state index in [9.17, 15) is 4.79 Å². The first-order chi connectivity index (χ1) is 9.63. The van der Waals surface area contributed by atoms with Crippen LogP contribution in [0.1, 0.15) is 52.9 Å². The van der Waals surface area contributed by atoms with Gasteiger partial charge in [-0.3, -0.25) is 9.69 Å². The van der Waals surface area contributed by atoms with Gasteiger partial charge < -0.3 is 4.90 Å². The van der Waals surface area contributed by atoms with E-state index >= 15 is 0 Å². The van der Waals surface area contributed by atoms with E-state index in [4.69, 9.17) is 0 Å². The molecule has 0 atom stereocenters. The topological polar surface area (TPSA) is 23.6 Å². The van der Waals surface area contributed by atoms with Gasteiger partial charge >= 0.3 is 0 Å². The Morgan fingerprint density at radius 3 is 2.15 bits per heavy atom. The normalized spacial score (nSPS) is 23.4. The molecule has 20 heavy (non-hydrogen) atoms. The van der Waals surface area contributed by atoms with Gasteiger partial charge in [0.25, 0.3) is 0 Å². The average molecular weight is 278 g/mol. The lowest BCUT2D eigenvalue weighted by Crippen LogP contribution is -2.52. The third-order valence-electron chi connectivity index (χ3n) is 4.87. The molecule has 1 aliphatic heterocycles. The number of piperazine rings is 1. The van der Waals surface area contributed by atoms with Crippen LogP contribution < -0.4 is 0 Å². The summed E-state index contributed by atoms with van der Waals surface area (Å²) in [5.41, 5.74) is 0.969. The van der Waals surface area contributed by atoms with Crippen molar-refractivity contribution in [3.8, 4) is 0 Å². The number of nitrogens with zero attached hydrogens (tertiary/aromatic N) is 2. The van der Waals surface area contributed by atoms with Gasteiger partial charge in [-0.15, -0.1) is 0 Å². The van der Waals surface area contributed by atoms with Crippen LogP contribution in [0.5, 0.6) is 0 Å². The lowest BCUT2D eigenvalue weighted by Gasteiger charge is -2.41. The smallest absolute Gasteiger partial charge is 0.249 e. The average Bonchev–Trinajstić information content (AvgIpc) is 2.48. The molecule has 1 aliphatic carbocycles. The van der Waals surface area contributed by atoms with E-state index < -0.39 is 0 Å². The SMILES string of the molecule is C/C=C(/C(=O)N1CCN(C2CCCCC2)CC1)C(C)C. The predicted octanol–water partition coefficient (Wildman–Crippen LogP) is 3.07. The van der Waals surface area contributed by atoms with E-state index in [1.807, 2.05) is 13.0 Å². The van der Waals surface area contributed by atoms with Crippen molar-refractivity contribution >= 4 is 5.91 Å². The summed E-state index contributed by atoms with van der Waals surface area (Å²) < 4.78 is 0. The van der Waals surface area contributed by atoms with Gasteiger partial charge in [0.05, 0.1) is 0 Å². The Hall–Kier alpha value is -0.830. The number of rotatable bonds is 3. The predicted molar refractivity (Wildman–Crippen MR) is 83.6 cm³/mol. The molecule has 1 heterocycles. The van der Waals surface area contributed by atoms with Gasteiger partial charge in [0.1, 0.15) is 0 Å². The third-order valence-corrected chi connectivity index (χ3v) is 4.87. The van der Waals surface area contributed by atoms with Crippen LogP contribution in [0.25, 0.3) is 0 Å². The van der Waals surface area contributed by atoms with E-state index in [0.29, 0.717) is 5.92 Å². The van der Waals surface area contributed by atoms with Crippen molar-refractivity contribution in [3.05, 3.63) is 11.6 Å². The van der Waals surface area contributed by atoms with E-state index in [1.165, 1.54) is 32.1 Å². The molecule has 0 radical (unpaired) electrons. The summed E-state index contributed by atoms with van der Waals surface area (Å²) in [7, 11) is 0. The number of hydrogen-bond donors (Lipinski definition) is 0. The van der Waals surface area contributed by atoms with Crippen molar-refractivity contribution in [2.75, 3.05) is 26.2 Å². The standard InChI is InChI=1S/C17H30N2O/c1-4-16(14(2)3)17(20)19-12-10-18(11-13-19)15-8-6-5-7-9-15/h4,14-15H,5-13H2,1-3H3/b16-4+. The first-order valence-corrected chi connectivity index (χ1v) is 8.33. The third kappa shape index (κ3) is 3.63. The van der Waals surface area contributed by atoms with E-state index in [1.54, 1.807) is 0 Å². The highest BCUT2D eigenvalue weighted by Gasteiger charge is 2.28. The number of hydrogen-bond acceptors (Lipinski definition) is 2. The Kier molecular flexibility index (Phi) is 5.64. The maximum absolute atomic E-state index is 12.5. The molecule has 0 aromatic rings. The maximum Gasteiger partial charge on any atom is 0.249 e. The fourth-order valence-electron chi connectivity index (χ4n) is 3.62. The second-order valence-corrected chi connectivity index (χ2v) is 6.52. The van der Waals surface area contributed by atoms with Crippen molar-refractivity contribution < 1.29 is 4.79 Å². The maximum atomic E-state index is 12.5. The van der Waals surface area contributed by atoms with E-state index in [2.05, 4.69) is 23.6 Å². The molecule has 0 spiro atoms. The molecule has 2 rings (SSSR count). The van der Waals surface area contributed by atoms with Crippen LogP contribution in [0, 0.1) is 5.92 Å². The van der Waals surface area contributed by atoms with Crippen molar-refractivity contribution in [1.29, 1.82) is 0 Å². The van der Waals surface area contributed by atoms with Crippen LogP contribution in [0.3, 0.4) is 0 Å². The number of allylic oxidation sites excluding steroid dienone is 1. The lowest BCUT2D eigenvalue weighted by molar-refractivity contribution is -0.129. The van der Waals surface area contributed by atoms with Crippen LogP contribution in [-0.2, 0) is 4.79 Å². The molecule has 3 nitrogen and oxygen atoms in total. The van der Waals surface area contributed by atoms with Gasteiger partial charge in [0.15, 0.2) is 0 Å². The van der Waals surface area contributed by atoms with Crippen LogP contribution in [0.15, 0.2) is 11.6 Å². The molecular formula is C17H30N2O. The minimum absolute atomic E-state index is 0.255. The van der Waals surface area contributed by atoms with Crippen LogP contribution >= 0.6 is 0 Å². The summed E-state index contributed by atoms with van der Waals surface area (Å²) in [6.07, 6.45) is 8.90. The Morgan fingerprint density at radius 2 is 1.65 bits per heavy atom. The van der Waals surface area contributed by atoms with Crippen molar-refractivity contribution in [2.45, 2.75) is 58.9 Å². The number of carbonyl (C=O) groups excluding carboxylic acids is 1. The van der Waals surface area contributed by atoms with Gasteiger partial charge in [0.2, 0.25) is 5.91 Å². The zero-order valence-corrected chi connectivity index (χ0v) is 13.4. The lowest BCUT2D eigenvalue weighted by atomic mass is 9.93.